The predicted molar refractivity (Wildman–Crippen MR) is 138 cm³/mol. The molecule has 40 heavy (non-hydrogen) atoms. The smallest absolute Gasteiger partial charge is 0.257 e. The van der Waals surface area contributed by atoms with Gasteiger partial charge in [0.2, 0.25) is 5.88 Å². The van der Waals surface area contributed by atoms with Crippen molar-refractivity contribution in [3.05, 3.63) is 94.8 Å². The second kappa shape index (κ2) is 11.4. The summed E-state index contributed by atoms with van der Waals surface area (Å²) in [6.45, 7) is 0.382. The van der Waals surface area contributed by atoms with Gasteiger partial charge in [0.15, 0.2) is 27.6 Å². The Bertz CT molecular complexity index is 1560. The normalized spacial score (nSPS) is 18.8. The van der Waals surface area contributed by atoms with Crippen LogP contribution in [0.4, 0.5) is 13.2 Å². The fourth-order valence-corrected chi connectivity index (χ4v) is 5.76. The van der Waals surface area contributed by atoms with Crippen molar-refractivity contribution in [1.29, 1.82) is 0 Å². The van der Waals surface area contributed by atoms with Gasteiger partial charge in [-0.2, -0.15) is 0 Å². The number of sulfone groups is 1. The monoisotopic (exact) mass is 574 g/mol. The lowest BCUT2D eigenvalue weighted by Crippen LogP contribution is -2.46. The molecule has 3 heterocycles. The number of pyridine rings is 1. The average Bonchev–Trinajstić information content (AvgIpc) is 3.27. The third-order valence-electron chi connectivity index (χ3n) is 6.65. The number of hydrogen-bond acceptors (Lipinski definition) is 7. The maximum absolute atomic E-state index is 15.6. The van der Waals surface area contributed by atoms with Crippen LogP contribution in [0.1, 0.15) is 17.2 Å². The van der Waals surface area contributed by atoms with Crippen molar-refractivity contribution in [1.82, 2.24) is 9.88 Å². The fourth-order valence-electron chi connectivity index (χ4n) is 4.46. The summed E-state index contributed by atoms with van der Waals surface area (Å²) >= 11 is 0. The van der Waals surface area contributed by atoms with E-state index in [2.05, 4.69) is 4.98 Å². The van der Waals surface area contributed by atoms with Crippen LogP contribution in [0.15, 0.2) is 66.2 Å². The van der Waals surface area contributed by atoms with Crippen molar-refractivity contribution in [3.8, 4) is 17.0 Å². The molecule has 5 rings (SSSR count). The third-order valence-corrected chi connectivity index (χ3v) is 8.03. The van der Waals surface area contributed by atoms with E-state index in [4.69, 9.17) is 14.2 Å². The van der Waals surface area contributed by atoms with Crippen molar-refractivity contribution in [2.75, 3.05) is 26.1 Å². The maximum Gasteiger partial charge on any atom is 0.257 e. The van der Waals surface area contributed by atoms with Gasteiger partial charge in [0.05, 0.1) is 32.1 Å². The summed E-state index contributed by atoms with van der Waals surface area (Å²) in [5.41, 5.74) is 1.03. The van der Waals surface area contributed by atoms with Gasteiger partial charge in [-0.15, -0.1) is 0 Å². The van der Waals surface area contributed by atoms with Crippen molar-refractivity contribution < 1.29 is 40.6 Å². The molecule has 0 bridgehead atoms. The summed E-state index contributed by atoms with van der Waals surface area (Å²) < 4.78 is 83.6. The molecule has 12 heteroatoms. The maximum atomic E-state index is 15.6. The van der Waals surface area contributed by atoms with E-state index in [1.165, 1.54) is 42.5 Å². The number of methoxy groups -OCH3 is 1. The van der Waals surface area contributed by atoms with Crippen LogP contribution in [0.3, 0.4) is 0 Å². The van der Waals surface area contributed by atoms with Crippen LogP contribution in [-0.4, -0.2) is 62.4 Å². The highest BCUT2D eigenvalue weighted by Crippen LogP contribution is 2.32. The standard InChI is InChI=1S/C28H25F3N2O6S/c1-37-26-10-17(6-8-32-26)13-33(20-7-9-40(35,36)16-20)28(34)27(39-21-14-38-15-21)22-4-2-18(11-24(22)30)19-3-5-23(29)25(31)12-19/h2-12,20-21,27H,13-16H2,1H3/t20-,27?/m1/s1. The first kappa shape index (κ1) is 27.8. The van der Waals surface area contributed by atoms with Gasteiger partial charge in [0.25, 0.3) is 5.91 Å². The number of benzene rings is 2. The zero-order valence-corrected chi connectivity index (χ0v) is 22.1. The quantitative estimate of drug-likeness (QED) is 0.382. The van der Waals surface area contributed by atoms with Crippen molar-refractivity contribution >= 4 is 15.7 Å². The molecule has 0 radical (unpaired) electrons. The van der Waals surface area contributed by atoms with Crippen LogP contribution >= 0.6 is 0 Å². The summed E-state index contributed by atoms with van der Waals surface area (Å²) in [6, 6.07) is 9.58. The van der Waals surface area contributed by atoms with Crippen molar-refractivity contribution in [2.24, 2.45) is 0 Å². The number of ether oxygens (including phenoxy) is 3. The first-order valence-electron chi connectivity index (χ1n) is 12.3. The summed E-state index contributed by atoms with van der Waals surface area (Å²) in [5.74, 6) is -3.60. The van der Waals surface area contributed by atoms with Crippen LogP contribution in [0.25, 0.3) is 11.1 Å². The lowest BCUT2D eigenvalue weighted by atomic mass is 9.99. The molecule has 8 nitrogen and oxygen atoms in total. The fraction of sp³-hybridized carbons (Fsp3) is 0.286. The highest BCUT2D eigenvalue weighted by Gasteiger charge is 2.38. The number of rotatable bonds is 9. The Morgan fingerprint density at radius 3 is 2.38 bits per heavy atom. The number of carbonyl (C=O) groups is 1. The number of halogens is 3. The van der Waals surface area contributed by atoms with Gasteiger partial charge >= 0.3 is 0 Å². The van der Waals surface area contributed by atoms with Crippen LogP contribution in [-0.2, 0) is 30.7 Å². The second-order valence-electron chi connectivity index (χ2n) is 9.44. The molecular formula is C28H25F3N2O6S. The van der Waals surface area contributed by atoms with E-state index < -0.39 is 51.4 Å². The third kappa shape index (κ3) is 6.03. The predicted octanol–water partition coefficient (Wildman–Crippen LogP) is 3.97. The van der Waals surface area contributed by atoms with Gasteiger partial charge in [0.1, 0.15) is 11.9 Å². The van der Waals surface area contributed by atoms with E-state index in [0.717, 1.165) is 23.6 Å². The summed E-state index contributed by atoms with van der Waals surface area (Å²) in [5, 5.41) is 1.05. The first-order valence-corrected chi connectivity index (χ1v) is 14.0. The molecule has 1 saturated heterocycles. The molecule has 0 aliphatic carbocycles. The minimum absolute atomic E-state index is 0.0299. The van der Waals surface area contributed by atoms with Gasteiger partial charge < -0.3 is 19.1 Å². The van der Waals surface area contributed by atoms with Crippen molar-refractivity contribution in [2.45, 2.75) is 24.8 Å². The number of amides is 1. The highest BCUT2D eigenvalue weighted by molar-refractivity contribution is 7.94. The first-order chi connectivity index (χ1) is 19.1. The molecule has 1 fully saturated rings. The number of carbonyl (C=O) groups excluding carboxylic acids is 1. The van der Waals surface area contributed by atoms with Gasteiger partial charge in [-0.3, -0.25) is 4.79 Å². The molecule has 0 N–H and O–H groups in total. The Labute approximate surface area is 228 Å². The molecule has 0 spiro atoms. The largest absolute Gasteiger partial charge is 0.481 e. The van der Waals surface area contributed by atoms with E-state index in [1.54, 1.807) is 12.1 Å². The molecule has 2 atom stereocenters. The lowest BCUT2D eigenvalue weighted by molar-refractivity contribution is -0.177. The van der Waals surface area contributed by atoms with Crippen molar-refractivity contribution in [3.63, 3.8) is 0 Å². The zero-order chi connectivity index (χ0) is 28.4. The van der Waals surface area contributed by atoms with E-state index in [9.17, 15) is 22.0 Å². The minimum atomic E-state index is -3.54. The van der Waals surface area contributed by atoms with E-state index in [-0.39, 0.29) is 42.2 Å². The van der Waals surface area contributed by atoms with Crippen LogP contribution < -0.4 is 4.74 Å². The molecule has 0 saturated carbocycles. The van der Waals surface area contributed by atoms with Gasteiger partial charge in [-0.25, -0.2) is 26.6 Å². The van der Waals surface area contributed by atoms with Gasteiger partial charge in [-0.1, -0.05) is 18.2 Å². The molecule has 1 aromatic heterocycles. The Hall–Kier alpha value is -3.74. The minimum Gasteiger partial charge on any atom is -0.481 e. The Balaban J connectivity index is 1.51. The Morgan fingerprint density at radius 1 is 1.05 bits per heavy atom. The highest BCUT2D eigenvalue weighted by atomic mass is 32.2. The van der Waals surface area contributed by atoms with E-state index in [0.29, 0.717) is 11.4 Å². The van der Waals surface area contributed by atoms with E-state index in [1.807, 2.05) is 0 Å². The molecular weight excluding hydrogens is 549 g/mol. The lowest BCUT2D eigenvalue weighted by Gasteiger charge is -2.35. The van der Waals surface area contributed by atoms with Gasteiger partial charge in [0, 0.05) is 29.8 Å². The average molecular weight is 575 g/mol. The topological polar surface area (TPSA) is 95.0 Å². The second-order valence-corrected chi connectivity index (χ2v) is 11.4. The molecule has 2 aliphatic heterocycles. The Kier molecular flexibility index (Phi) is 7.92. The number of aromatic nitrogens is 1. The summed E-state index contributed by atoms with van der Waals surface area (Å²) in [4.78, 5) is 19.5. The zero-order valence-electron chi connectivity index (χ0n) is 21.3. The number of nitrogens with zero attached hydrogens (tertiary/aromatic N) is 2. The summed E-state index contributed by atoms with van der Waals surface area (Å²) in [7, 11) is -2.10. The number of hydrogen-bond donors (Lipinski definition) is 0. The molecule has 1 amide bonds. The van der Waals surface area contributed by atoms with Crippen LogP contribution in [0.5, 0.6) is 5.88 Å². The van der Waals surface area contributed by atoms with Crippen LogP contribution in [0.2, 0.25) is 0 Å². The van der Waals surface area contributed by atoms with Gasteiger partial charge in [-0.05, 0) is 47.0 Å². The summed E-state index contributed by atoms with van der Waals surface area (Å²) in [6.07, 6.45) is 0.991. The molecule has 3 aromatic rings. The molecule has 2 aromatic carbocycles. The van der Waals surface area contributed by atoms with E-state index >= 15 is 4.39 Å². The Morgan fingerprint density at radius 2 is 1.77 bits per heavy atom. The molecule has 1 unspecified atom stereocenters. The molecule has 210 valence electrons. The van der Waals surface area contributed by atoms with Crippen LogP contribution in [0, 0.1) is 17.5 Å². The SMILES string of the molecule is COc1cc(CN(C(=O)C(OC2COC2)c2ccc(-c3ccc(F)c(F)c3)cc2F)[C@@H]2C=CS(=O)(=O)C2)ccn1. The molecule has 2 aliphatic rings.